The number of hydrogen-bond donors (Lipinski definition) is 3. The smallest absolute Gasteiger partial charge is 0.264 e. The molecule has 2 amide bonds. The normalized spacial score (nSPS) is 27.7. The fraction of sp³-hybridized carbons (Fsp3) is 0.436. The van der Waals surface area contributed by atoms with E-state index in [0.717, 1.165) is 37.8 Å². The number of aliphatic hydroxyl groups excluding tert-OH is 1. The number of aryl methyl sites for hydroxylation is 1. The first-order valence-electron chi connectivity index (χ1n) is 17.7. The molecule has 2 aliphatic carbocycles. The van der Waals surface area contributed by atoms with Crippen molar-refractivity contribution >= 4 is 44.8 Å². The molecule has 270 valence electrons. The molecular weight excluding hydrogens is 690 g/mol. The third kappa shape index (κ3) is 7.47. The van der Waals surface area contributed by atoms with Gasteiger partial charge >= 0.3 is 0 Å². The summed E-state index contributed by atoms with van der Waals surface area (Å²) < 4.78 is 41.7. The van der Waals surface area contributed by atoms with Gasteiger partial charge in [0.1, 0.15) is 11.5 Å². The number of hydrogen-bond acceptors (Lipinski definition) is 8. The predicted octanol–water partition coefficient (Wildman–Crippen LogP) is 6.02. The van der Waals surface area contributed by atoms with Crippen molar-refractivity contribution in [3.05, 3.63) is 94.5 Å². The minimum Gasteiger partial charge on any atom is -0.497 e. The molecule has 1 saturated carbocycles. The van der Waals surface area contributed by atoms with Crippen LogP contribution < -0.4 is 24.4 Å². The van der Waals surface area contributed by atoms with Crippen molar-refractivity contribution in [2.24, 2.45) is 11.8 Å². The van der Waals surface area contributed by atoms with E-state index in [1.165, 1.54) is 18.2 Å². The van der Waals surface area contributed by atoms with Gasteiger partial charge in [-0.15, -0.1) is 0 Å². The molecule has 3 aromatic carbocycles. The van der Waals surface area contributed by atoms with Crippen molar-refractivity contribution in [1.29, 1.82) is 0 Å². The number of methoxy groups -OCH3 is 1. The molecule has 3 aromatic rings. The van der Waals surface area contributed by atoms with E-state index in [2.05, 4.69) is 21.0 Å². The van der Waals surface area contributed by atoms with Crippen LogP contribution in [0.5, 0.6) is 11.5 Å². The number of nitrogens with one attached hydrogen (secondary N) is 2. The molecule has 0 radical (unpaired) electrons. The van der Waals surface area contributed by atoms with E-state index >= 15 is 0 Å². The van der Waals surface area contributed by atoms with Crippen molar-refractivity contribution in [2.75, 3.05) is 37.0 Å². The molecule has 12 heteroatoms. The second-order valence-corrected chi connectivity index (χ2v) is 16.8. The van der Waals surface area contributed by atoms with Gasteiger partial charge in [-0.2, -0.15) is 0 Å². The van der Waals surface area contributed by atoms with Crippen LogP contribution in [0.2, 0.25) is 5.02 Å². The third-order valence-corrected chi connectivity index (χ3v) is 13.1. The minimum atomic E-state index is -4.31. The Morgan fingerprint density at radius 2 is 2.00 bits per heavy atom. The summed E-state index contributed by atoms with van der Waals surface area (Å²) in [6.45, 7) is 1.74. The average molecular weight is 734 g/mol. The highest BCUT2D eigenvalue weighted by Crippen LogP contribution is 2.46. The summed E-state index contributed by atoms with van der Waals surface area (Å²) in [5, 5.41) is 13.5. The van der Waals surface area contributed by atoms with E-state index in [1.54, 1.807) is 54.6 Å². The Kier molecular flexibility index (Phi) is 10.1. The summed E-state index contributed by atoms with van der Waals surface area (Å²) >= 11 is 6.41. The van der Waals surface area contributed by atoms with Crippen LogP contribution in [-0.2, 0) is 26.7 Å². The van der Waals surface area contributed by atoms with Gasteiger partial charge in [0.15, 0.2) is 0 Å². The van der Waals surface area contributed by atoms with Gasteiger partial charge in [-0.25, -0.2) is 13.1 Å². The Morgan fingerprint density at radius 1 is 1.14 bits per heavy atom. The van der Waals surface area contributed by atoms with Crippen LogP contribution in [-0.4, -0.2) is 63.5 Å². The van der Waals surface area contributed by atoms with Gasteiger partial charge in [-0.05, 0) is 110 Å². The number of aliphatic hydroxyl groups is 1. The molecular formula is C39H44ClN3O7S. The summed E-state index contributed by atoms with van der Waals surface area (Å²) in [7, 11) is -2.79. The zero-order chi connectivity index (χ0) is 35.8. The van der Waals surface area contributed by atoms with Crippen molar-refractivity contribution in [2.45, 2.75) is 68.1 Å². The summed E-state index contributed by atoms with van der Waals surface area (Å²) in [4.78, 5) is 29.2. The molecule has 10 nitrogen and oxygen atoms in total. The standard InChI is InChI=1S/C39H44ClN3O7S/c1-49-30-8-4-7-29(20-30)41-37(45)21-31-9-2-3-10-35(44)32-14-11-27(32)22-43-23-39(17-5-6-25-18-28(40)13-15-33(25)39)24-50-36-16-12-26(19-34(36)43)38(46)42-51(31,47)48/h3-4,7-8,10,12-13,15-16,18-20,27,31-32,35,44H,2,5-6,9,11,14,17,21-24H2,1H3,(H,41,45)(H,42,46)/b10-3-/t27-,31-,32+,35-,39-/m0/s1. The number of amides is 2. The van der Waals surface area contributed by atoms with Crippen LogP contribution in [0, 0.1) is 11.8 Å². The number of carbonyl (C=O) groups is 2. The van der Waals surface area contributed by atoms with Gasteiger partial charge in [0.05, 0.1) is 30.8 Å². The van der Waals surface area contributed by atoms with Crippen LogP contribution in [0.3, 0.4) is 0 Å². The Morgan fingerprint density at radius 3 is 2.80 bits per heavy atom. The Hall–Kier alpha value is -4.06. The third-order valence-electron chi connectivity index (χ3n) is 11.1. The van der Waals surface area contributed by atoms with E-state index in [1.807, 2.05) is 12.1 Å². The van der Waals surface area contributed by atoms with E-state index in [4.69, 9.17) is 21.1 Å². The van der Waals surface area contributed by atoms with Crippen LogP contribution >= 0.6 is 11.6 Å². The van der Waals surface area contributed by atoms with Crippen molar-refractivity contribution < 1.29 is 32.6 Å². The van der Waals surface area contributed by atoms with Gasteiger partial charge in [-0.1, -0.05) is 35.9 Å². The number of ether oxygens (including phenoxy) is 2. The van der Waals surface area contributed by atoms with Gasteiger partial charge in [0.2, 0.25) is 15.9 Å². The predicted molar refractivity (Wildman–Crippen MR) is 197 cm³/mol. The topological polar surface area (TPSA) is 134 Å². The number of nitrogens with zero attached hydrogens (tertiary/aromatic N) is 1. The lowest BCUT2D eigenvalue weighted by molar-refractivity contribution is -0.116. The van der Waals surface area contributed by atoms with Crippen LogP contribution in [0.25, 0.3) is 0 Å². The number of allylic oxidation sites excluding steroid dienone is 1. The van der Waals surface area contributed by atoms with E-state index in [9.17, 15) is 23.1 Å². The summed E-state index contributed by atoms with van der Waals surface area (Å²) in [5.41, 5.74) is 3.48. The maximum Gasteiger partial charge on any atom is 0.264 e. The summed E-state index contributed by atoms with van der Waals surface area (Å²) in [5.74, 6) is 0.127. The maximum absolute atomic E-state index is 13.8. The van der Waals surface area contributed by atoms with Gasteiger partial charge < -0.3 is 24.8 Å². The zero-order valence-electron chi connectivity index (χ0n) is 28.6. The molecule has 2 aliphatic heterocycles. The average Bonchev–Trinajstić information content (AvgIpc) is 3.24. The molecule has 3 N–H and O–H groups in total. The molecule has 1 spiro atoms. The number of sulfonamides is 1. The Labute approximate surface area is 304 Å². The van der Waals surface area contributed by atoms with Gasteiger partial charge in [0, 0.05) is 47.3 Å². The highest BCUT2D eigenvalue weighted by Gasteiger charge is 2.44. The number of carbonyl (C=O) groups excluding carboxylic acids is 2. The molecule has 0 aromatic heterocycles. The van der Waals surface area contributed by atoms with Crippen LogP contribution in [0.1, 0.15) is 66.4 Å². The highest BCUT2D eigenvalue weighted by atomic mass is 35.5. The zero-order valence-corrected chi connectivity index (χ0v) is 30.2. The van der Waals surface area contributed by atoms with E-state index in [0.29, 0.717) is 48.3 Å². The maximum atomic E-state index is 13.8. The second-order valence-electron chi connectivity index (χ2n) is 14.4. The highest BCUT2D eigenvalue weighted by molar-refractivity contribution is 7.90. The Balaban J connectivity index is 1.20. The van der Waals surface area contributed by atoms with Crippen molar-refractivity contribution in [3.63, 3.8) is 0 Å². The number of halogens is 1. The SMILES string of the molecule is COc1cccc(NC(=O)C[C@@H]2CC/C=C\[C@H](O)[C@@H]3CC[C@H]3CN3C[C@@]4(CCCc5cc(Cl)ccc54)COc4ccc(cc43)C(=O)NS2(=O)=O)c1. The first-order chi connectivity index (χ1) is 24.5. The summed E-state index contributed by atoms with van der Waals surface area (Å²) in [6, 6.07) is 17.9. The number of benzene rings is 3. The first-order valence-corrected chi connectivity index (χ1v) is 19.6. The lowest BCUT2D eigenvalue weighted by Gasteiger charge is -2.45. The fourth-order valence-electron chi connectivity index (χ4n) is 8.23. The van der Waals surface area contributed by atoms with Crippen LogP contribution in [0.15, 0.2) is 72.8 Å². The van der Waals surface area contributed by atoms with Gasteiger partial charge in [-0.3, -0.25) is 9.59 Å². The number of rotatable bonds is 4. The molecule has 5 atom stereocenters. The minimum absolute atomic E-state index is 0.0369. The monoisotopic (exact) mass is 733 g/mol. The molecule has 2 heterocycles. The molecule has 51 heavy (non-hydrogen) atoms. The van der Waals surface area contributed by atoms with E-state index in [-0.39, 0.29) is 35.7 Å². The van der Waals surface area contributed by atoms with Crippen LogP contribution in [0.4, 0.5) is 11.4 Å². The second kappa shape index (κ2) is 14.5. The molecule has 7 rings (SSSR count). The molecule has 2 bridgehead atoms. The van der Waals surface area contributed by atoms with E-state index < -0.39 is 33.2 Å². The quantitative estimate of drug-likeness (QED) is 0.278. The fourth-order valence-corrected chi connectivity index (χ4v) is 9.78. The molecule has 0 saturated heterocycles. The number of anilines is 2. The largest absolute Gasteiger partial charge is 0.497 e. The molecule has 1 fully saturated rings. The molecule has 4 aliphatic rings. The summed E-state index contributed by atoms with van der Waals surface area (Å²) in [6.07, 6.45) is 7.54. The van der Waals surface area contributed by atoms with Gasteiger partial charge in [0.25, 0.3) is 5.91 Å². The lowest BCUT2D eigenvalue weighted by Crippen LogP contribution is -2.49. The lowest BCUT2D eigenvalue weighted by atomic mass is 9.68. The van der Waals surface area contributed by atoms with Crippen molar-refractivity contribution in [3.8, 4) is 11.5 Å². The number of fused-ring (bicyclic) bond motifs is 4. The first kappa shape index (κ1) is 35.3. The molecule has 0 unspecified atom stereocenters. The Bertz CT molecular complexity index is 1950. The van der Waals surface area contributed by atoms with Crippen molar-refractivity contribution in [1.82, 2.24) is 4.72 Å².